The van der Waals surface area contributed by atoms with Gasteiger partial charge in [0, 0.05) is 6.54 Å². The second-order valence-corrected chi connectivity index (χ2v) is 9.12. The first kappa shape index (κ1) is 24.2. The zero-order valence-corrected chi connectivity index (χ0v) is 20.4. The number of benzene rings is 2. The number of carbonyl (C=O) groups is 1. The maximum absolute atomic E-state index is 13.8. The minimum atomic E-state index is -0.716. The van der Waals surface area contributed by atoms with Crippen LogP contribution in [0.15, 0.2) is 82.0 Å². The molecule has 0 unspecified atom stereocenters. The quantitative estimate of drug-likeness (QED) is 0.376. The van der Waals surface area contributed by atoms with Crippen LogP contribution in [0.25, 0.3) is 11.0 Å². The van der Waals surface area contributed by atoms with Crippen molar-refractivity contribution in [3.63, 3.8) is 0 Å². The number of hydrogen-bond acceptors (Lipinski definition) is 6. The number of allylic oxidation sites excluding steroid dienone is 1. The number of nitrogens with zero attached hydrogens (tertiary/aromatic N) is 4. The lowest BCUT2D eigenvalue weighted by Gasteiger charge is -2.25. The molecule has 2 aromatic carbocycles. The largest absolute Gasteiger partial charge is 0.383 e. The van der Waals surface area contributed by atoms with Gasteiger partial charge in [-0.2, -0.15) is 0 Å². The van der Waals surface area contributed by atoms with E-state index in [0.29, 0.717) is 17.5 Å². The summed E-state index contributed by atoms with van der Waals surface area (Å²) in [4.78, 5) is 52.2. The first-order valence-electron chi connectivity index (χ1n) is 12.4. The highest BCUT2D eigenvalue weighted by molar-refractivity contribution is 6.06. The SMILES string of the molecule is Nc1c(N(CCC2=CCCCC2)C(=O)c2cnc3ccccc3n2)c(=O)[nH]c(=O)n1Cc1ccccc1. The molecule has 9 nitrogen and oxygen atoms in total. The van der Waals surface area contributed by atoms with E-state index < -0.39 is 17.2 Å². The summed E-state index contributed by atoms with van der Waals surface area (Å²) >= 11 is 0. The van der Waals surface area contributed by atoms with Crippen LogP contribution in [0, 0.1) is 0 Å². The Morgan fingerprint density at radius 2 is 1.78 bits per heavy atom. The van der Waals surface area contributed by atoms with Crippen LogP contribution in [0.1, 0.15) is 48.2 Å². The fourth-order valence-corrected chi connectivity index (χ4v) is 4.66. The number of amides is 1. The van der Waals surface area contributed by atoms with Gasteiger partial charge in [0.15, 0.2) is 5.69 Å². The average molecular weight is 497 g/mol. The second kappa shape index (κ2) is 10.6. The Morgan fingerprint density at radius 1 is 1.03 bits per heavy atom. The topological polar surface area (TPSA) is 127 Å². The first-order valence-corrected chi connectivity index (χ1v) is 12.4. The molecule has 1 aliphatic rings. The number of rotatable bonds is 7. The zero-order chi connectivity index (χ0) is 25.8. The Labute approximate surface area is 213 Å². The molecule has 2 aromatic heterocycles. The van der Waals surface area contributed by atoms with Crippen LogP contribution in [0.2, 0.25) is 0 Å². The molecule has 0 fully saturated rings. The molecule has 0 saturated heterocycles. The third-order valence-corrected chi connectivity index (χ3v) is 6.62. The van der Waals surface area contributed by atoms with Gasteiger partial charge in [-0.05, 0) is 49.8 Å². The lowest BCUT2D eigenvalue weighted by Crippen LogP contribution is -2.42. The lowest BCUT2D eigenvalue weighted by atomic mass is 9.97. The zero-order valence-electron chi connectivity index (χ0n) is 20.4. The molecule has 0 radical (unpaired) electrons. The Hall–Kier alpha value is -4.53. The van der Waals surface area contributed by atoms with Gasteiger partial charge in [0.25, 0.3) is 11.5 Å². The fourth-order valence-electron chi connectivity index (χ4n) is 4.66. The van der Waals surface area contributed by atoms with Gasteiger partial charge in [-0.3, -0.25) is 29.0 Å². The summed E-state index contributed by atoms with van der Waals surface area (Å²) < 4.78 is 1.28. The van der Waals surface area contributed by atoms with E-state index in [0.717, 1.165) is 31.2 Å². The van der Waals surface area contributed by atoms with Crippen molar-refractivity contribution < 1.29 is 4.79 Å². The molecule has 37 heavy (non-hydrogen) atoms. The van der Waals surface area contributed by atoms with E-state index >= 15 is 0 Å². The van der Waals surface area contributed by atoms with Gasteiger partial charge >= 0.3 is 5.69 Å². The van der Waals surface area contributed by atoms with Crippen molar-refractivity contribution in [3.05, 3.63) is 105 Å². The van der Waals surface area contributed by atoms with E-state index in [-0.39, 0.29) is 30.3 Å². The van der Waals surface area contributed by atoms with Gasteiger partial charge < -0.3 is 5.73 Å². The minimum Gasteiger partial charge on any atom is -0.383 e. The summed E-state index contributed by atoms with van der Waals surface area (Å²) in [5.74, 6) is -0.575. The number of anilines is 2. The molecule has 0 spiro atoms. The summed E-state index contributed by atoms with van der Waals surface area (Å²) in [6.07, 6.45) is 8.40. The number of aromatic amines is 1. The fraction of sp³-hybridized carbons (Fsp3) is 0.250. The van der Waals surface area contributed by atoms with Crippen LogP contribution in [0.4, 0.5) is 11.5 Å². The van der Waals surface area contributed by atoms with Crippen LogP contribution in [-0.4, -0.2) is 32.0 Å². The average Bonchev–Trinajstić information content (AvgIpc) is 2.93. The molecule has 2 heterocycles. The number of aromatic nitrogens is 4. The number of carbonyl (C=O) groups excluding carboxylic acids is 1. The normalized spacial score (nSPS) is 13.4. The lowest BCUT2D eigenvalue weighted by molar-refractivity contribution is 0.0982. The van der Waals surface area contributed by atoms with Gasteiger partial charge in [0.1, 0.15) is 11.5 Å². The van der Waals surface area contributed by atoms with Crippen molar-refractivity contribution in [1.29, 1.82) is 0 Å². The number of fused-ring (bicyclic) bond motifs is 1. The Bertz CT molecular complexity index is 1590. The highest BCUT2D eigenvalue weighted by Gasteiger charge is 2.27. The highest BCUT2D eigenvalue weighted by atomic mass is 16.2. The monoisotopic (exact) mass is 496 g/mol. The molecular formula is C28H28N6O3. The number of para-hydroxylation sites is 2. The first-order chi connectivity index (χ1) is 18.0. The van der Waals surface area contributed by atoms with Crippen LogP contribution in [0.3, 0.4) is 0 Å². The number of nitrogens with two attached hydrogens (primary N) is 1. The van der Waals surface area contributed by atoms with E-state index in [1.54, 1.807) is 6.07 Å². The van der Waals surface area contributed by atoms with Crippen molar-refractivity contribution in [2.75, 3.05) is 17.2 Å². The Kier molecular flexibility index (Phi) is 6.93. The van der Waals surface area contributed by atoms with E-state index in [1.807, 2.05) is 48.5 Å². The molecule has 5 rings (SSSR count). The van der Waals surface area contributed by atoms with Crippen molar-refractivity contribution >= 4 is 28.4 Å². The molecular weight excluding hydrogens is 468 g/mol. The van der Waals surface area contributed by atoms with Gasteiger partial charge in [-0.15, -0.1) is 0 Å². The Balaban J connectivity index is 1.58. The van der Waals surface area contributed by atoms with E-state index in [1.165, 1.54) is 21.2 Å². The van der Waals surface area contributed by atoms with E-state index in [9.17, 15) is 14.4 Å². The van der Waals surface area contributed by atoms with Crippen LogP contribution >= 0.6 is 0 Å². The third kappa shape index (κ3) is 5.20. The number of hydrogen-bond donors (Lipinski definition) is 2. The second-order valence-electron chi connectivity index (χ2n) is 9.12. The van der Waals surface area contributed by atoms with Crippen molar-refractivity contribution in [1.82, 2.24) is 19.5 Å². The molecule has 4 aromatic rings. The van der Waals surface area contributed by atoms with Gasteiger partial charge in [-0.25, -0.2) is 9.78 Å². The van der Waals surface area contributed by atoms with Gasteiger partial charge in [0.2, 0.25) is 0 Å². The van der Waals surface area contributed by atoms with Crippen molar-refractivity contribution in [2.24, 2.45) is 0 Å². The molecule has 188 valence electrons. The summed E-state index contributed by atoms with van der Waals surface area (Å²) in [7, 11) is 0. The summed E-state index contributed by atoms with van der Waals surface area (Å²) in [5, 5.41) is 0. The predicted molar refractivity (Wildman–Crippen MR) is 144 cm³/mol. The smallest absolute Gasteiger partial charge is 0.330 e. The van der Waals surface area contributed by atoms with Gasteiger partial charge in [-0.1, -0.05) is 54.1 Å². The van der Waals surface area contributed by atoms with Crippen LogP contribution < -0.4 is 21.9 Å². The predicted octanol–water partition coefficient (Wildman–Crippen LogP) is 3.65. The molecule has 0 atom stereocenters. The maximum Gasteiger partial charge on any atom is 0.330 e. The van der Waals surface area contributed by atoms with E-state index in [4.69, 9.17) is 5.73 Å². The molecule has 3 N–H and O–H groups in total. The molecule has 0 aliphatic heterocycles. The Morgan fingerprint density at radius 3 is 2.54 bits per heavy atom. The standard InChI is InChI=1S/C28H28N6O3/c29-25-24(26(35)32-28(37)34(25)18-20-11-5-2-6-12-20)33(16-15-19-9-3-1-4-10-19)27(36)23-17-30-21-13-7-8-14-22(21)31-23/h2,5-9,11-14,17H,1,3-4,10,15-16,18,29H2,(H,32,35,37). The van der Waals surface area contributed by atoms with Crippen molar-refractivity contribution in [2.45, 2.75) is 38.6 Å². The number of nitrogens with one attached hydrogen (secondary N) is 1. The summed E-state index contributed by atoms with van der Waals surface area (Å²) in [5.41, 5.74) is 8.42. The van der Waals surface area contributed by atoms with Crippen LogP contribution in [-0.2, 0) is 6.54 Å². The van der Waals surface area contributed by atoms with Crippen molar-refractivity contribution in [3.8, 4) is 0 Å². The highest BCUT2D eigenvalue weighted by Crippen LogP contribution is 2.25. The third-order valence-electron chi connectivity index (χ3n) is 6.62. The molecule has 0 bridgehead atoms. The summed E-state index contributed by atoms with van der Waals surface area (Å²) in [6, 6.07) is 16.6. The number of H-pyrrole nitrogens is 1. The molecule has 0 saturated carbocycles. The molecule has 9 heteroatoms. The van der Waals surface area contributed by atoms with Crippen LogP contribution in [0.5, 0.6) is 0 Å². The maximum atomic E-state index is 13.8. The summed E-state index contributed by atoms with van der Waals surface area (Å²) in [6.45, 7) is 0.369. The molecule has 1 aliphatic carbocycles. The molecule has 1 amide bonds. The van der Waals surface area contributed by atoms with Gasteiger partial charge in [0.05, 0.1) is 23.8 Å². The number of nitrogen functional groups attached to an aromatic ring is 1. The minimum absolute atomic E-state index is 0.0631. The van der Waals surface area contributed by atoms with E-state index in [2.05, 4.69) is 21.0 Å².